The molecule has 78 valence electrons. The van der Waals surface area contributed by atoms with E-state index in [0.717, 1.165) is 17.8 Å². The van der Waals surface area contributed by atoms with Gasteiger partial charge in [0, 0.05) is 12.6 Å². The van der Waals surface area contributed by atoms with Crippen molar-refractivity contribution in [3.8, 4) is 0 Å². The number of fused-ring (bicyclic) bond motifs is 1. The van der Waals surface area contributed by atoms with Crippen molar-refractivity contribution >= 4 is 11.4 Å². The summed E-state index contributed by atoms with van der Waals surface area (Å²) in [7, 11) is 0. The lowest BCUT2D eigenvalue weighted by Gasteiger charge is -1.96. The van der Waals surface area contributed by atoms with Gasteiger partial charge in [-0.2, -0.15) is 0 Å². The number of rotatable bonds is 2. The van der Waals surface area contributed by atoms with Crippen molar-refractivity contribution in [2.45, 2.75) is 13.3 Å². The van der Waals surface area contributed by atoms with E-state index in [-0.39, 0.29) is 5.84 Å². The summed E-state index contributed by atoms with van der Waals surface area (Å²) < 4.78 is 1.94. The number of amidine groups is 1. The maximum atomic E-state index is 8.64. The predicted molar refractivity (Wildman–Crippen MR) is 57.1 cm³/mol. The van der Waals surface area contributed by atoms with Gasteiger partial charge in [0.25, 0.3) is 0 Å². The van der Waals surface area contributed by atoms with Gasteiger partial charge < -0.3 is 15.3 Å². The summed E-state index contributed by atoms with van der Waals surface area (Å²) in [6.45, 7) is 2.01. The highest BCUT2D eigenvalue weighted by atomic mass is 16.4. The summed E-state index contributed by atoms with van der Waals surface area (Å²) in [5.74, 6) is 0.936. The third kappa shape index (κ3) is 1.41. The molecule has 2 aromatic rings. The fraction of sp³-hybridized carbons (Fsp3) is 0.200. The van der Waals surface area contributed by atoms with E-state index in [1.165, 1.54) is 0 Å². The smallest absolute Gasteiger partial charge is 0.191 e. The molecule has 0 fully saturated rings. The van der Waals surface area contributed by atoms with Crippen LogP contribution in [0, 0.1) is 0 Å². The van der Waals surface area contributed by atoms with Crippen LogP contribution in [0.15, 0.2) is 29.6 Å². The van der Waals surface area contributed by atoms with Gasteiger partial charge in [-0.3, -0.25) is 0 Å². The van der Waals surface area contributed by atoms with Crippen LogP contribution in [0.25, 0.3) is 5.52 Å². The van der Waals surface area contributed by atoms with Crippen molar-refractivity contribution in [3.63, 3.8) is 0 Å². The van der Waals surface area contributed by atoms with Crippen LogP contribution < -0.4 is 5.73 Å². The number of aryl methyl sites for hydroxylation is 1. The van der Waals surface area contributed by atoms with Crippen molar-refractivity contribution in [2.75, 3.05) is 0 Å². The number of aromatic nitrogens is 2. The molecule has 0 aliphatic heterocycles. The number of imidazole rings is 1. The van der Waals surface area contributed by atoms with Crippen LogP contribution >= 0.6 is 0 Å². The molecule has 0 aromatic carbocycles. The minimum absolute atomic E-state index is 0.0402. The molecular formula is C10H12N4O. The van der Waals surface area contributed by atoms with Crippen molar-refractivity contribution in [2.24, 2.45) is 10.9 Å². The fourth-order valence-electron chi connectivity index (χ4n) is 1.59. The summed E-state index contributed by atoms with van der Waals surface area (Å²) in [4.78, 5) is 4.33. The molecular weight excluding hydrogens is 192 g/mol. The van der Waals surface area contributed by atoms with E-state index in [1.54, 1.807) is 0 Å². The maximum absolute atomic E-state index is 8.64. The van der Waals surface area contributed by atoms with Gasteiger partial charge in [-0.05, 0) is 12.1 Å². The Kier molecular flexibility index (Phi) is 2.29. The van der Waals surface area contributed by atoms with Gasteiger partial charge in [0.05, 0.1) is 5.52 Å². The number of pyridine rings is 1. The summed E-state index contributed by atoms with van der Waals surface area (Å²) in [5, 5.41) is 11.6. The Balaban J connectivity index is 2.76. The Bertz CT molecular complexity index is 515. The molecule has 15 heavy (non-hydrogen) atoms. The van der Waals surface area contributed by atoms with E-state index >= 15 is 0 Å². The monoisotopic (exact) mass is 204 g/mol. The van der Waals surface area contributed by atoms with Crippen LogP contribution in [0.3, 0.4) is 0 Å². The van der Waals surface area contributed by atoms with E-state index in [0.29, 0.717) is 5.69 Å². The number of nitrogens with zero attached hydrogens (tertiary/aromatic N) is 3. The first-order valence-electron chi connectivity index (χ1n) is 4.71. The predicted octanol–water partition coefficient (Wildman–Crippen LogP) is 0.991. The third-order valence-corrected chi connectivity index (χ3v) is 2.29. The summed E-state index contributed by atoms with van der Waals surface area (Å²) >= 11 is 0. The Labute approximate surface area is 86.8 Å². The summed E-state index contributed by atoms with van der Waals surface area (Å²) in [6.07, 6.45) is 2.71. The average Bonchev–Trinajstić information content (AvgIpc) is 2.67. The zero-order valence-electron chi connectivity index (χ0n) is 8.38. The SMILES string of the molecule is CCc1nc(/C(N)=N\O)c2ccccn12. The lowest BCUT2D eigenvalue weighted by molar-refractivity contribution is 0.318. The molecule has 0 saturated carbocycles. The fourth-order valence-corrected chi connectivity index (χ4v) is 1.59. The van der Waals surface area contributed by atoms with Crippen LogP contribution in [0.1, 0.15) is 18.4 Å². The van der Waals surface area contributed by atoms with E-state index in [4.69, 9.17) is 10.9 Å². The third-order valence-electron chi connectivity index (χ3n) is 2.29. The van der Waals surface area contributed by atoms with E-state index in [1.807, 2.05) is 35.7 Å². The molecule has 2 aromatic heterocycles. The quantitative estimate of drug-likeness (QED) is 0.331. The maximum Gasteiger partial charge on any atom is 0.191 e. The molecule has 2 heterocycles. The van der Waals surface area contributed by atoms with Crippen LogP contribution in [0.2, 0.25) is 0 Å². The molecule has 0 amide bonds. The van der Waals surface area contributed by atoms with Gasteiger partial charge in [-0.1, -0.05) is 18.1 Å². The molecule has 0 aliphatic carbocycles. The van der Waals surface area contributed by atoms with Gasteiger partial charge in [0.1, 0.15) is 11.5 Å². The Morgan fingerprint density at radius 1 is 1.60 bits per heavy atom. The zero-order chi connectivity index (χ0) is 10.8. The number of nitrogens with two attached hydrogens (primary N) is 1. The average molecular weight is 204 g/mol. The minimum atomic E-state index is 0.0402. The molecule has 2 rings (SSSR count). The van der Waals surface area contributed by atoms with E-state index in [2.05, 4.69) is 10.1 Å². The van der Waals surface area contributed by atoms with Crippen LogP contribution in [0.4, 0.5) is 0 Å². The highest BCUT2D eigenvalue weighted by Crippen LogP contribution is 2.13. The molecule has 0 aliphatic rings. The van der Waals surface area contributed by atoms with Crippen LogP contribution in [-0.4, -0.2) is 20.4 Å². The topological polar surface area (TPSA) is 75.9 Å². The lowest BCUT2D eigenvalue weighted by Crippen LogP contribution is -2.14. The van der Waals surface area contributed by atoms with E-state index in [9.17, 15) is 0 Å². The van der Waals surface area contributed by atoms with Crippen molar-refractivity contribution in [1.82, 2.24) is 9.38 Å². The first-order valence-corrected chi connectivity index (χ1v) is 4.71. The van der Waals surface area contributed by atoms with Gasteiger partial charge in [-0.25, -0.2) is 4.98 Å². The second kappa shape index (κ2) is 3.61. The van der Waals surface area contributed by atoms with Gasteiger partial charge in [-0.15, -0.1) is 0 Å². The molecule has 0 atom stereocenters. The van der Waals surface area contributed by atoms with Crippen molar-refractivity contribution < 1.29 is 5.21 Å². The second-order valence-corrected chi connectivity index (χ2v) is 3.17. The standard InChI is InChI=1S/C10H12N4O/c1-2-8-12-9(10(11)13-15)7-5-3-4-6-14(7)8/h3-6,15H,2H2,1H3,(H2,11,13). The van der Waals surface area contributed by atoms with Gasteiger partial charge in [0.2, 0.25) is 0 Å². The molecule has 0 radical (unpaired) electrons. The number of hydrogen-bond acceptors (Lipinski definition) is 3. The Hall–Kier alpha value is -2.04. The Morgan fingerprint density at radius 3 is 3.07 bits per heavy atom. The van der Waals surface area contributed by atoms with Gasteiger partial charge in [0.15, 0.2) is 5.84 Å². The van der Waals surface area contributed by atoms with Crippen molar-refractivity contribution in [1.29, 1.82) is 0 Å². The normalized spacial score (nSPS) is 12.2. The first kappa shape index (κ1) is 9.51. The van der Waals surface area contributed by atoms with E-state index < -0.39 is 0 Å². The molecule has 5 heteroatoms. The molecule has 0 unspecified atom stereocenters. The molecule has 3 N–H and O–H groups in total. The van der Waals surface area contributed by atoms with Crippen LogP contribution in [-0.2, 0) is 6.42 Å². The summed E-state index contributed by atoms with van der Waals surface area (Å²) in [5.41, 5.74) is 6.93. The first-order chi connectivity index (χ1) is 7.27. The molecule has 5 nitrogen and oxygen atoms in total. The lowest BCUT2D eigenvalue weighted by atomic mass is 10.3. The molecule has 0 spiro atoms. The van der Waals surface area contributed by atoms with Gasteiger partial charge >= 0.3 is 0 Å². The largest absolute Gasteiger partial charge is 0.409 e. The minimum Gasteiger partial charge on any atom is -0.409 e. The molecule has 0 bridgehead atoms. The van der Waals surface area contributed by atoms with Crippen LogP contribution in [0.5, 0.6) is 0 Å². The highest BCUT2D eigenvalue weighted by molar-refractivity contribution is 6.01. The highest BCUT2D eigenvalue weighted by Gasteiger charge is 2.12. The Morgan fingerprint density at radius 2 is 2.40 bits per heavy atom. The zero-order valence-corrected chi connectivity index (χ0v) is 8.38. The number of oxime groups is 1. The van der Waals surface area contributed by atoms with Crippen molar-refractivity contribution in [3.05, 3.63) is 35.9 Å². The second-order valence-electron chi connectivity index (χ2n) is 3.17. The summed E-state index contributed by atoms with van der Waals surface area (Å²) in [6, 6.07) is 5.70. The molecule has 0 saturated heterocycles. The number of hydrogen-bond donors (Lipinski definition) is 2.